The van der Waals surface area contributed by atoms with Gasteiger partial charge < -0.3 is 4.57 Å². The molecule has 0 N–H and O–H groups in total. The van der Waals surface area contributed by atoms with Gasteiger partial charge >= 0.3 is 0 Å². The Hall–Kier alpha value is -1.98. The second-order valence-electron chi connectivity index (χ2n) is 6.50. The van der Waals surface area contributed by atoms with Crippen molar-refractivity contribution in [2.75, 3.05) is 7.05 Å². The first-order valence-corrected chi connectivity index (χ1v) is 9.15. The second-order valence-corrected chi connectivity index (χ2v) is 7.39. The van der Waals surface area contributed by atoms with Crippen molar-refractivity contribution in [2.24, 2.45) is 0 Å². The molecule has 0 aliphatic heterocycles. The average molecular weight is 340 g/mol. The lowest BCUT2D eigenvalue weighted by atomic mass is 10.2. The van der Waals surface area contributed by atoms with Crippen LogP contribution >= 0.6 is 11.3 Å². The minimum Gasteiger partial charge on any atom is -0.329 e. The van der Waals surface area contributed by atoms with Gasteiger partial charge in [-0.1, -0.05) is 44.2 Å². The number of benzene rings is 1. The van der Waals surface area contributed by atoms with Crippen LogP contribution < -0.4 is 0 Å². The third-order valence-corrected chi connectivity index (χ3v) is 5.12. The molecule has 0 amide bonds. The molecular formula is C19H24N4S. The summed E-state index contributed by atoms with van der Waals surface area (Å²) in [7, 11) is 2.13. The van der Waals surface area contributed by atoms with E-state index in [1.165, 1.54) is 16.3 Å². The van der Waals surface area contributed by atoms with E-state index < -0.39 is 0 Å². The highest BCUT2D eigenvalue weighted by Gasteiger charge is 2.10. The van der Waals surface area contributed by atoms with E-state index in [9.17, 15) is 0 Å². The Morgan fingerprint density at radius 2 is 1.96 bits per heavy atom. The van der Waals surface area contributed by atoms with Gasteiger partial charge in [-0.25, -0.2) is 9.97 Å². The molecule has 24 heavy (non-hydrogen) atoms. The third-order valence-electron chi connectivity index (χ3n) is 3.92. The highest BCUT2D eigenvalue weighted by atomic mass is 32.1. The topological polar surface area (TPSA) is 34.0 Å². The van der Waals surface area contributed by atoms with Gasteiger partial charge in [0.1, 0.15) is 0 Å². The smallest absolute Gasteiger partial charge is 0.0954 e. The molecule has 3 rings (SSSR count). The largest absolute Gasteiger partial charge is 0.329 e. The van der Waals surface area contributed by atoms with E-state index in [4.69, 9.17) is 4.98 Å². The van der Waals surface area contributed by atoms with Gasteiger partial charge in [-0.2, -0.15) is 0 Å². The van der Waals surface area contributed by atoms with E-state index in [1.54, 1.807) is 11.3 Å². The van der Waals surface area contributed by atoms with Crippen molar-refractivity contribution in [2.45, 2.75) is 39.4 Å². The number of imidazole rings is 1. The summed E-state index contributed by atoms with van der Waals surface area (Å²) in [5.41, 5.74) is 3.67. The van der Waals surface area contributed by atoms with Crippen molar-refractivity contribution in [3.63, 3.8) is 0 Å². The summed E-state index contributed by atoms with van der Waals surface area (Å²) in [6.45, 7) is 6.96. The van der Waals surface area contributed by atoms with Crippen molar-refractivity contribution >= 4 is 11.3 Å². The zero-order valence-electron chi connectivity index (χ0n) is 14.5. The predicted octanol–water partition coefficient (Wildman–Crippen LogP) is 4.14. The van der Waals surface area contributed by atoms with E-state index in [2.05, 4.69) is 65.0 Å². The van der Waals surface area contributed by atoms with Crippen LogP contribution in [0.4, 0.5) is 0 Å². The zero-order chi connectivity index (χ0) is 16.9. The van der Waals surface area contributed by atoms with Gasteiger partial charge in [0.05, 0.1) is 22.7 Å². The van der Waals surface area contributed by atoms with Crippen molar-refractivity contribution in [3.8, 4) is 0 Å². The number of aromatic nitrogens is 3. The summed E-state index contributed by atoms with van der Waals surface area (Å²) in [6, 6.07) is 10.5. The lowest BCUT2D eigenvalue weighted by Gasteiger charge is -2.16. The van der Waals surface area contributed by atoms with E-state index in [0.717, 1.165) is 25.3 Å². The van der Waals surface area contributed by atoms with Gasteiger partial charge in [0, 0.05) is 37.1 Å². The average Bonchev–Trinajstić information content (AvgIpc) is 3.18. The molecule has 3 aromatic rings. The molecule has 0 radical (unpaired) electrons. The SMILES string of the molecule is CC(C)c1nc(CN(C)Cc2cncn2Cc2ccccc2)cs1. The van der Waals surface area contributed by atoms with Crippen molar-refractivity contribution in [1.29, 1.82) is 0 Å². The van der Waals surface area contributed by atoms with Gasteiger partial charge in [0.2, 0.25) is 0 Å². The summed E-state index contributed by atoms with van der Waals surface area (Å²) in [4.78, 5) is 11.3. The number of thiazole rings is 1. The first-order valence-electron chi connectivity index (χ1n) is 8.27. The first kappa shape index (κ1) is 16.9. The molecule has 2 heterocycles. The molecule has 4 nitrogen and oxygen atoms in total. The van der Waals surface area contributed by atoms with Crippen LogP contribution in [0, 0.1) is 0 Å². The van der Waals surface area contributed by atoms with E-state index in [-0.39, 0.29) is 0 Å². The monoisotopic (exact) mass is 340 g/mol. The fraction of sp³-hybridized carbons (Fsp3) is 0.368. The molecular weight excluding hydrogens is 316 g/mol. The van der Waals surface area contributed by atoms with Gasteiger partial charge in [0.25, 0.3) is 0 Å². The highest BCUT2D eigenvalue weighted by Crippen LogP contribution is 2.20. The summed E-state index contributed by atoms with van der Waals surface area (Å²) in [6.07, 6.45) is 3.87. The Kier molecular flexibility index (Phi) is 5.43. The normalized spacial score (nSPS) is 11.5. The highest BCUT2D eigenvalue weighted by molar-refractivity contribution is 7.09. The number of hydrogen-bond acceptors (Lipinski definition) is 4. The summed E-state index contributed by atoms with van der Waals surface area (Å²) in [5.74, 6) is 0.501. The Morgan fingerprint density at radius 1 is 1.17 bits per heavy atom. The summed E-state index contributed by atoms with van der Waals surface area (Å²) < 4.78 is 2.21. The minimum absolute atomic E-state index is 0.501. The number of rotatable bonds is 7. The maximum atomic E-state index is 4.72. The predicted molar refractivity (Wildman–Crippen MR) is 99.1 cm³/mol. The molecule has 0 fully saturated rings. The lowest BCUT2D eigenvalue weighted by Crippen LogP contribution is -2.19. The molecule has 0 bridgehead atoms. The van der Waals surface area contributed by atoms with Gasteiger partial charge in [-0.05, 0) is 12.6 Å². The molecule has 2 aromatic heterocycles. The van der Waals surface area contributed by atoms with Crippen molar-refractivity contribution < 1.29 is 0 Å². The van der Waals surface area contributed by atoms with E-state index in [1.807, 2.05) is 18.6 Å². The molecule has 126 valence electrons. The van der Waals surface area contributed by atoms with Crippen LogP contribution in [0.2, 0.25) is 0 Å². The van der Waals surface area contributed by atoms with Crippen LogP contribution in [0.25, 0.3) is 0 Å². The molecule has 0 unspecified atom stereocenters. The summed E-state index contributed by atoms with van der Waals surface area (Å²) in [5, 5.41) is 3.39. The Labute approximate surface area is 147 Å². The van der Waals surface area contributed by atoms with Crippen molar-refractivity contribution in [3.05, 3.63) is 70.2 Å². The maximum Gasteiger partial charge on any atom is 0.0954 e. The molecule has 0 spiro atoms. The van der Waals surface area contributed by atoms with Gasteiger partial charge in [-0.15, -0.1) is 11.3 Å². The van der Waals surface area contributed by atoms with E-state index >= 15 is 0 Å². The molecule has 0 aliphatic rings. The molecule has 0 atom stereocenters. The Bertz CT molecular complexity index is 761. The number of nitrogens with zero attached hydrogens (tertiary/aromatic N) is 4. The standard InChI is InChI=1S/C19H24N4S/c1-15(2)19-21-17(13-24-19)11-22(3)12-18-9-20-14-23(18)10-16-7-5-4-6-8-16/h4-9,13-15H,10-12H2,1-3H3. The van der Waals surface area contributed by atoms with Crippen LogP contribution in [0.5, 0.6) is 0 Å². The zero-order valence-corrected chi connectivity index (χ0v) is 15.3. The van der Waals surface area contributed by atoms with Crippen LogP contribution in [0.15, 0.2) is 48.2 Å². The quantitative estimate of drug-likeness (QED) is 0.648. The maximum absolute atomic E-state index is 4.72. The van der Waals surface area contributed by atoms with E-state index in [0.29, 0.717) is 5.92 Å². The number of hydrogen-bond donors (Lipinski definition) is 0. The van der Waals surface area contributed by atoms with Crippen LogP contribution in [-0.4, -0.2) is 26.5 Å². The third kappa shape index (κ3) is 4.30. The Morgan fingerprint density at radius 3 is 2.67 bits per heavy atom. The molecule has 0 saturated heterocycles. The first-order chi connectivity index (χ1) is 11.6. The van der Waals surface area contributed by atoms with Crippen LogP contribution in [0.1, 0.15) is 41.7 Å². The van der Waals surface area contributed by atoms with Crippen LogP contribution in [-0.2, 0) is 19.6 Å². The fourth-order valence-corrected chi connectivity index (χ4v) is 3.50. The Balaban J connectivity index is 1.62. The van der Waals surface area contributed by atoms with Crippen LogP contribution in [0.3, 0.4) is 0 Å². The lowest BCUT2D eigenvalue weighted by molar-refractivity contribution is 0.307. The minimum atomic E-state index is 0.501. The molecule has 1 aromatic carbocycles. The van der Waals surface area contributed by atoms with Gasteiger partial charge in [0.15, 0.2) is 0 Å². The fourth-order valence-electron chi connectivity index (χ4n) is 2.67. The molecule has 0 aliphatic carbocycles. The molecule has 0 saturated carbocycles. The van der Waals surface area contributed by atoms with Gasteiger partial charge in [-0.3, -0.25) is 4.90 Å². The molecule has 5 heteroatoms. The summed E-state index contributed by atoms with van der Waals surface area (Å²) >= 11 is 1.76. The second kappa shape index (κ2) is 7.73. The van der Waals surface area contributed by atoms with Crippen molar-refractivity contribution in [1.82, 2.24) is 19.4 Å².